The normalized spacial score (nSPS) is 10.5. The molecule has 0 bridgehead atoms. The number of fused-ring (bicyclic) bond motifs is 1. The molecule has 5 rings (SSSR count). The number of ether oxygens (including phenoxy) is 1. The van der Waals surface area contributed by atoms with E-state index in [9.17, 15) is 0 Å². The van der Waals surface area contributed by atoms with Crippen LogP contribution in [0.25, 0.3) is 31.2 Å². The molecule has 29 heavy (non-hydrogen) atoms. The predicted molar refractivity (Wildman–Crippen MR) is 112 cm³/mol. The summed E-state index contributed by atoms with van der Waals surface area (Å²) in [7, 11) is 0. The molecule has 142 valence electrons. The number of aromatic nitrogens is 2. The molecule has 3 nitrogen and oxygen atoms in total. The average molecular weight is 620 g/mol. The van der Waals surface area contributed by atoms with Crippen molar-refractivity contribution in [1.82, 2.24) is 9.97 Å². The van der Waals surface area contributed by atoms with E-state index in [1.165, 1.54) is 4.26 Å². The number of benzene rings is 3. The summed E-state index contributed by atoms with van der Waals surface area (Å²) in [4.78, 5) is 9.14. The van der Waals surface area contributed by atoms with Gasteiger partial charge in [0.05, 0.1) is 0 Å². The number of para-hydroxylation sites is 1. The fourth-order valence-corrected chi connectivity index (χ4v) is 4.90. The molecule has 0 unspecified atom stereocenters. The molecule has 2 aromatic heterocycles. The van der Waals surface area contributed by atoms with Gasteiger partial charge in [0.25, 0.3) is 0 Å². The van der Waals surface area contributed by atoms with E-state index in [-0.39, 0.29) is 35.6 Å². The molecular weight excluding hydrogens is 606 g/mol. The van der Waals surface area contributed by atoms with Gasteiger partial charge in [0.15, 0.2) is 0 Å². The van der Waals surface area contributed by atoms with Crippen molar-refractivity contribution in [2.75, 3.05) is 0 Å². The van der Waals surface area contributed by atoms with Gasteiger partial charge in [0.2, 0.25) is 0 Å². The van der Waals surface area contributed by atoms with Crippen LogP contribution in [0, 0.1) is 12.1 Å². The van der Waals surface area contributed by atoms with Crippen LogP contribution in [-0.4, -0.2) is 24.5 Å². The topological polar surface area (TPSA) is 35.0 Å². The van der Waals surface area contributed by atoms with Crippen LogP contribution in [-0.2, 0) is 21.1 Å². The maximum absolute atomic E-state index is 6.03. The van der Waals surface area contributed by atoms with Gasteiger partial charge in [-0.3, -0.25) is 0 Å². The van der Waals surface area contributed by atoms with Crippen LogP contribution in [0.3, 0.4) is 0 Å². The summed E-state index contributed by atoms with van der Waals surface area (Å²) in [5.74, 6) is 1.29. The molecule has 2 heterocycles. The first-order chi connectivity index (χ1) is 13.8. The molecule has 0 saturated heterocycles. The molecule has 0 N–H and O–H groups in total. The van der Waals surface area contributed by atoms with Gasteiger partial charge < -0.3 is 0 Å². The van der Waals surface area contributed by atoms with Crippen molar-refractivity contribution in [2.45, 2.75) is 0 Å². The number of rotatable bonds is 4. The Hall–Kier alpha value is -2.51. The van der Waals surface area contributed by atoms with Gasteiger partial charge in [-0.05, 0) is 0 Å². The zero-order valence-corrected chi connectivity index (χ0v) is 19.1. The molecule has 0 aliphatic rings. The van der Waals surface area contributed by atoms with Crippen LogP contribution in [0.2, 0.25) is 0 Å². The Morgan fingerprint density at radius 3 is 2.21 bits per heavy atom. The third kappa shape index (κ3) is 4.41. The average Bonchev–Trinajstić information content (AvgIpc) is 3.19. The Labute approximate surface area is 189 Å². The molecule has 0 aliphatic carbocycles. The van der Waals surface area contributed by atoms with Gasteiger partial charge in [0, 0.05) is 0 Å². The number of pyridine rings is 1. The van der Waals surface area contributed by atoms with Crippen LogP contribution in [0.4, 0.5) is 0 Å². The van der Waals surface area contributed by atoms with Crippen LogP contribution in [0.5, 0.6) is 11.5 Å². The Morgan fingerprint density at radius 1 is 0.724 bits per heavy atom. The third-order valence-electron chi connectivity index (χ3n) is 4.22. The van der Waals surface area contributed by atoms with Gasteiger partial charge in [-0.25, -0.2) is 0 Å². The van der Waals surface area contributed by atoms with Crippen LogP contribution in [0.15, 0.2) is 85.1 Å². The van der Waals surface area contributed by atoms with Crippen LogP contribution >= 0.6 is 0 Å². The minimum atomic E-state index is 0. The molecule has 0 spiro atoms. The van der Waals surface area contributed by atoms with E-state index in [0.717, 1.165) is 26.9 Å². The molecule has 0 amide bonds. The molecule has 0 aliphatic heterocycles. The van der Waals surface area contributed by atoms with Crippen molar-refractivity contribution in [3.05, 3.63) is 97.2 Å². The van der Waals surface area contributed by atoms with E-state index < -0.39 is 0 Å². The van der Waals surface area contributed by atoms with Crippen LogP contribution in [0.1, 0.15) is 0 Å². The quantitative estimate of drug-likeness (QED) is 0.199. The molecule has 5 heteroatoms. The SMILES string of the molecule is [Pt+2].[c-]1c(Oc2[c-]c(-c3nc4ccccc4[se]3)ccc2)cccc1-c1ccccn1. The molecule has 0 radical (unpaired) electrons. The Morgan fingerprint density at radius 2 is 1.45 bits per heavy atom. The summed E-state index contributed by atoms with van der Waals surface area (Å²) in [5, 5.41) is 0. The number of nitrogens with zero attached hydrogens (tertiary/aromatic N) is 2. The third-order valence-corrected chi connectivity index (χ3v) is 6.47. The van der Waals surface area contributed by atoms with Crippen molar-refractivity contribution in [1.29, 1.82) is 0 Å². The predicted octanol–water partition coefficient (Wildman–Crippen LogP) is 5.41. The van der Waals surface area contributed by atoms with Crippen molar-refractivity contribution in [3.8, 4) is 32.9 Å². The second kappa shape index (κ2) is 8.88. The first-order valence-corrected chi connectivity index (χ1v) is 10.6. The number of hydrogen-bond donors (Lipinski definition) is 0. The second-order valence-corrected chi connectivity index (χ2v) is 8.32. The fraction of sp³-hybridized carbons (Fsp3) is 0. The fourth-order valence-electron chi connectivity index (χ4n) is 2.92. The molecule has 0 atom stereocenters. The zero-order chi connectivity index (χ0) is 18.8. The first kappa shape index (κ1) is 19.8. The second-order valence-electron chi connectivity index (χ2n) is 6.16. The zero-order valence-electron chi connectivity index (χ0n) is 15.1. The number of hydrogen-bond acceptors (Lipinski definition) is 3. The Balaban J connectivity index is 0.00000205. The van der Waals surface area contributed by atoms with Crippen molar-refractivity contribution < 1.29 is 25.8 Å². The summed E-state index contributed by atoms with van der Waals surface area (Å²) in [6.45, 7) is 0. The van der Waals surface area contributed by atoms with Crippen LogP contribution < -0.4 is 4.74 Å². The van der Waals surface area contributed by atoms with Crippen molar-refractivity contribution >= 4 is 24.3 Å². The minimum absolute atomic E-state index is 0. The van der Waals surface area contributed by atoms with E-state index >= 15 is 0 Å². The van der Waals surface area contributed by atoms with Gasteiger partial charge >= 0.3 is 190 Å². The van der Waals surface area contributed by atoms with Crippen molar-refractivity contribution in [2.24, 2.45) is 0 Å². The van der Waals surface area contributed by atoms with Gasteiger partial charge in [0.1, 0.15) is 0 Å². The summed E-state index contributed by atoms with van der Waals surface area (Å²) in [6, 6.07) is 32.5. The molecule has 5 aromatic rings. The molecule has 0 saturated carbocycles. The van der Waals surface area contributed by atoms with E-state index in [4.69, 9.17) is 9.72 Å². The van der Waals surface area contributed by atoms with E-state index in [0.29, 0.717) is 11.5 Å². The maximum atomic E-state index is 6.03. The summed E-state index contributed by atoms with van der Waals surface area (Å²) in [6.07, 6.45) is 1.77. The van der Waals surface area contributed by atoms with Gasteiger partial charge in [-0.15, -0.1) is 0 Å². The van der Waals surface area contributed by atoms with Gasteiger partial charge in [-0.1, -0.05) is 0 Å². The molecule has 0 fully saturated rings. The standard InChI is InChI=1S/C24H14N2OSe.Pt/c1-2-13-23-22(12-1)26-24(28-23)18-8-6-10-20(16-18)27-19-9-5-7-17(15-19)21-11-3-4-14-25-21;/h1-14H;/q-2;+2. The first-order valence-electron chi connectivity index (χ1n) is 8.85. The van der Waals surface area contributed by atoms with E-state index in [1.54, 1.807) is 6.20 Å². The summed E-state index contributed by atoms with van der Waals surface area (Å²) < 4.78 is 8.41. The Kier molecular flexibility index (Phi) is 6.06. The summed E-state index contributed by atoms with van der Waals surface area (Å²) in [5.41, 5.74) is 3.81. The van der Waals surface area contributed by atoms with E-state index in [1.807, 2.05) is 60.7 Å². The van der Waals surface area contributed by atoms with Gasteiger partial charge in [-0.2, -0.15) is 0 Å². The van der Waals surface area contributed by atoms with E-state index in [2.05, 4.69) is 35.3 Å². The van der Waals surface area contributed by atoms with Crippen molar-refractivity contribution in [3.63, 3.8) is 0 Å². The summed E-state index contributed by atoms with van der Waals surface area (Å²) >= 11 is 0.191. The molecule has 3 aromatic carbocycles. The monoisotopic (exact) mass is 621 g/mol. The molecular formula is C24H14N2OPtSe. The Bertz CT molecular complexity index is 1220.